The molecule has 1 aromatic carbocycles. The molecule has 4 bridgehead atoms. The Bertz CT molecular complexity index is 788. The number of nitrogens with one attached hydrogen (secondary N) is 3. The van der Waals surface area contributed by atoms with E-state index in [1.807, 2.05) is 24.3 Å². The van der Waals surface area contributed by atoms with Gasteiger partial charge < -0.3 is 10.3 Å². The predicted molar refractivity (Wildman–Crippen MR) is 93.8 cm³/mol. The molecule has 4 aliphatic carbocycles. The molecule has 2 amide bonds. The maximum Gasteiger partial charge on any atom is 0.316 e. The van der Waals surface area contributed by atoms with Crippen LogP contribution >= 0.6 is 0 Å². The topological polar surface area (TPSA) is 86.9 Å². The summed E-state index contributed by atoms with van der Waals surface area (Å²) in [5, 5.41) is 5.68. The molecule has 0 radical (unpaired) electrons. The van der Waals surface area contributed by atoms with Crippen LogP contribution in [0.1, 0.15) is 38.5 Å². The molecule has 2 aromatic rings. The summed E-state index contributed by atoms with van der Waals surface area (Å²) in [5.74, 6) is 1.31. The van der Waals surface area contributed by atoms with Gasteiger partial charge in [-0.15, -0.1) is 0 Å². The summed E-state index contributed by atoms with van der Waals surface area (Å²) in [6, 6.07) is 7.52. The van der Waals surface area contributed by atoms with Gasteiger partial charge in [0.2, 0.25) is 5.95 Å². The van der Waals surface area contributed by atoms with E-state index in [2.05, 4.69) is 20.6 Å². The number of hydrogen-bond acceptors (Lipinski definition) is 3. The molecular formula is C19H22N4O2. The Hall–Kier alpha value is -2.37. The second-order valence-electron chi connectivity index (χ2n) is 8.21. The summed E-state index contributed by atoms with van der Waals surface area (Å²) in [6.07, 6.45) is 7.01. The van der Waals surface area contributed by atoms with Crippen molar-refractivity contribution in [3.8, 4) is 0 Å². The van der Waals surface area contributed by atoms with Crippen LogP contribution in [-0.4, -0.2) is 27.3 Å². The zero-order valence-electron chi connectivity index (χ0n) is 14.0. The lowest BCUT2D eigenvalue weighted by Crippen LogP contribution is -2.61. The van der Waals surface area contributed by atoms with Crippen LogP contribution in [-0.2, 0) is 9.59 Å². The first-order valence-corrected chi connectivity index (χ1v) is 9.17. The number of benzene rings is 1. The number of para-hydroxylation sites is 2. The van der Waals surface area contributed by atoms with Gasteiger partial charge in [-0.05, 0) is 68.4 Å². The summed E-state index contributed by atoms with van der Waals surface area (Å²) in [7, 11) is 0. The van der Waals surface area contributed by atoms with Crippen molar-refractivity contribution in [1.82, 2.24) is 15.3 Å². The molecule has 1 heterocycles. The van der Waals surface area contributed by atoms with Crippen molar-refractivity contribution in [3.63, 3.8) is 0 Å². The van der Waals surface area contributed by atoms with Gasteiger partial charge in [0.25, 0.3) is 0 Å². The van der Waals surface area contributed by atoms with Crippen LogP contribution in [0.4, 0.5) is 5.95 Å². The van der Waals surface area contributed by atoms with E-state index in [0.29, 0.717) is 5.95 Å². The zero-order chi connectivity index (χ0) is 17.0. The van der Waals surface area contributed by atoms with Crippen LogP contribution in [0.2, 0.25) is 0 Å². The first kappa shape index (κ1) is 14.9. The average molecular weight is 338 g/mol. The SMILES string of the molecule is O=C(Nc1nc2ccccc2[nH]1)C(=O)NC12CC3CC(CC(C3)C1)C2. The molecule has 25 heavy (non-hydrogen) atoms. The van der Waals surface area contributed by atoms with E-state index < -0.39 is 11.8 Å². The van der Waals surface area contributed by atoms with Gasteiger partial charge in [-0.2, -0.15) is 0 Å². The molecule has 130 valence electrons. The molecule has 6 nitrogen and oxygen atoms in total. The van der Waals surface area contributed by atoms with Crippen molar-refractivity contribution in [2.75, 3.05) is 5.32 Å². The lowest BCUT2D eigenvalue weighted by Gasteiger charge is -2.56. The van der Waals surface area contributed by atoms with Crippen LogP contribution < -0.4 is 10.6 Å². The molecule has 0 unspecified atom stereocenters. The van der Waals surface area contributed by atoms with Crippen molar-refractivity contribution in [1.29, 1.82) is 0 Å². The number of H-pyrrole nitrogens is 1. The van der Waals surface area contributed by atoms with Crippen LogP contribution in [0.3, 0.4) is 0 Å². The molecule has 4 saturated carbocycles. The number of aromatic amines is 1. The second-order valence-corrected chi connectivity index (χ2v) is 8.21. The summed E-state index contributed by atoms with van der Waals surface area (Å²) < 4.78 is 0. The zero-order valence-corrected chi connectivity index (χ0v) is 14.0. The first-order valence-electron chi connectivity index (χ1n) is 9.17. The fourth-order valence-electron chi connectivity index (χ4n) is 5.74. The molecule has 6 heteroatoms. The normalized spacial score (nSPS) is 32.7. The predicted octanol–water partition coefficient (Wildman–Crippen LogP) is 2.59. The highest BCUT2D eigenvalue weighted by Gasteiger charge is 2.51. The molecule has 1 aromatic heterocycles. The van der Waals surface area contributed by atoms with E-state index in [1.54, 1.807) is 0 Å². The smallest absolute Gasteiger partial charge is 0.316 e. The molecule has 0 aliphatic heterocycles. The van der Waals surface area contributed by atoms with Crippen LogP contribution in [0.25, 0.3) is 11.0 Å². The third kappa shape index (κ3) is 2.60. The van der Waals surface area contributed by atoms with E-state index in [9.17, 15) is 9.59 Å². The summed E-state index contributed by atoms with van der Waals surface area (Å²) in [5.41, 5.74) is 1.44. The van der Waals surface area contributed by atoms with Crippen molar-refractivity contribution in [2.24, 2.45) is 17.8 Å². The van der Waals surface area contributed by atoms with Gasteiger partial charge in [0.05, 0.1) is 11.0 Å². The van der Waals surface area contributed by atoms with Crippen LogP contribution in [0.15, 0.2) is 24.3 Å². The largest absolute Gasteiger partial charge is 0.342 e. The Morgan fingerprint density at radius 1 is 1.00 bits per heavy atom. The Balaban J connectivity index is 1.28. The molecule has 0 spiro atoms. The third-order valence-electron chi connectivity index (χ3n) is 6.24. The molecule has 4 aliphatic rings. The minimum Gasteiger partial charge on any atom is -0.342 e. The van der Waals surface area contributed by atoms with Crippen molar-refractivity contribution < 1.29 is 9.59 Å². The highest BCUT2D eigenvalue weighted by Crippen LogP contribution is 2.55. The van der Waals surface area contributed by atoms with Gasteiger partial charge in [0.15, 0.2) is 0 Å². The van der Waals surface area contributed by atoms with Crippen molar-refractivity contribution in [3.05, 3.63) is 24.3 Å². The fraction of sp³-hybridized carbons (Fsp3) is 0.526. The molecule has 4 fully saturated rings. The Morgan fingerprint density at radius 3 is 2.28 bits per heavy atom. The van der Waals surface area contributed by atoms with Gasteiger partial charge in [0, 0.05) is 5.54 Å². The lowest BCUT2D eigenvalue weighted by atomic mass is 9.53. The van der Waals surface area contributed by atoms with Crippen molar-refractivity contribution in [2.45, 2.75) is 44.1 Å². The summed E-state index contributed by atoms with van der Waals surface area (Å²) >= 11 is 0. The number of hydrogen-bond donors (Lipinski definition) is 3. The fourth-order valence-corrected chi connectivity index (χ4v) is 5.74. The number of carbonyl (C=O) groups is 2. The quantitative estimate of drug-likeness (QED) is 0.736. The summed E-state index contributed by atoms with van der Waals surface area (Å²) in [4.78, 5) is 32.1. The van der Waals surface area contributed by atoms with E-state index in [4.69, 9.17) is 0 Å². The van der Waals surface area contributed by atoms with E-state index >= 15 is 0 Å². The molecular weight excluding hydrogens is 316 g/mol. The summed E-state index contributed by atoms with van der Waals surface area (Å²) in [6.45, 7) is 0. The number of carbonyl (C=O) groups excluding carboxylic acids is 2. The van der Waals surface area contributed by atoms with Gasteiger partial charge in [0.1, 0.15) is 0 Å². The lowest BCUT2D eigenvalue weighted by molar-refractivity contribution is -0.139. The molecule has 3 N–H and O–H groups in total. The highest BCUT2D eigenvalue weighted by molar-refractivity contribution is 6.39. The van der Waals surface area contributed by atoms with Gasteiger partial charge in [-0.25, -0.2) is 4.98 Å². The van der Waals surface area contributed by atoms with Gasteiger partial charge in [-0.3, -0.25) is 14.9 Å². The monoisotopic (exact) mass is 338 g/mol. The number of anilines is 1. The van der Waals surface area contributed by atoms with Crippen LogP contribution in [0, 0.1) is 17.8 Å². The van der Waals surface area contributed by atoms with E-state index in [-0.39, 0.29) is 5.54 Å². The Kier molecular flexibility index (Phi) is 3.17. The number of amides is 2. The minimum atomic E-state index is -0.644. The van der Waals surface area contributed by atoms with Crippen molar-refractivity contribution >= 4 is 28.8 Å². The number of aromatic nitrogens is 2. The number of fused-ring (bicyclic) bond motifs is 1. The first-order chi connectivity index (χ1) is 12.1. The van der Waals surface area contributed by atoms with Gasteiger partial charge >= 0.3 is 11.8 Å². The number of imidazole rings is 1. The Morgan fingerprint density at radius 2 is 1.64 bits per heavy atom. The molecule has 0 saturated heterocycles. The second kappa shape index (κ2) is 5.31. The van der Waals surface area contributed by atoms with E-state index in [1.165, 1.54) is 19.3 Å². The third-order valence-corrected chi connectivity index (χ3v) is 6.24. The molecule has 0 atom stereocenters. The van der Waals surface area contributed by atoms with E-state index in [0.717, 1.165) is 48.0 Å². The number of nitrogens with zero attached hydrogens (tertiary/aromatic N) is 1. The maximum atomic E-state index is 12.5. The van der Waals surface area contributed by atoms with Crippen LogP contribution in [0.5, 0.6) is 0 Å². The minimum absolute atomic E-state index is 0.156. The van der Waals surface area contributed by atoms with Gasteiger partial charge in [-0.1, -0.05) is 12.1 Å². The standard InChI is InChI=1S/C19H22N4O2/c24-16(22-18-20-14-3-1-2-4-15(14)21-18)17(25)23-19-8-11-5-12(9-19)7-13(6-11)10-19/h1-4,11-13H,5-10H2,(H,23,25)(H2,20,21,22,24). The average Bonchev–Trinajstić information content (AvgIpc) is 2.95. The maximum absolute atomic E-state index is 12.5. The molecule has 6 rings (SSSR count). The Labute approximate surface area is 145 Å². The highest BCUT2D eigenvalue weighted by atomic mass is 16.2. The number of rotatable bonds is 2.